The van der Waals surface area contributed by atoms with Gasteiger partial charge < -0.3 is 9.63 Å². The molecule has 6 nitrogen and oxygen atoms in total. The molecule has 3 rings (SSSR count). The maximum absolute atomic E-state index is 8.95. The highest BCUT2D eigenvalue weighted by Gasteiger charge is 2.18. The first-order chi connectivity index (χ1) is 10.7. The van der Waals surface area contributed by atoms with E-state index in [-0.39, 0.29) is 6.61 Å². The van der Waals surface area contributed by atoms with Gasteiger partial charge in [0.25, 0.3) is 5.89 Å². The summed E-state index contributed by atoms with van der Waals surface area (Å²) in [6, 6.07) is 7.39. The van der Waals surface area contributed by atoms with Crippen LogP contribution in [0.1, 0.15) is 5.82 Å². The molecule has 0 radical (unpaired) electrons. The summed E-state index contributed by atoms with van der Waals surface area (Å²) < 4.78 is 5.32. The van der Waals surface area contributed by atoms with Gasteiger partial charge in [0, 0.05) is 43.3 Å². The van der Waals surface area contributed by atoms with Crippen LogP contribution in [0.3, 0.4) is 0 Å². The van der Waals surface area contributed by atoms with Crippen molar-refractivity contribution >= 4 is 11.6 Å². The highest BCUT2D eigenvalue weighted by molar-refractivity contribution is 6.30. The van der Waals surface area contributed by atoms with Gasteiger partial charge in [-0.3, -0.25) is 9.80 Å². The normalized spacial score (nSPS) is 17.0. The quantitative estimate of drug-likeness (QED) is 0.900. The van der Waals surface area contributed by atoms with E-state index >= 15 is 0 Å². The minimum absolute atomic E-state index is 0.216. The van der Waals surface area contributed by atoms with Gasteiger partial charge in [-0.15, -0.1) is 0 Å². The van der Waals surface area contributed by atoms with Crippen LogP contribution in [0.5, 0.6) is 0 Å². The molecule has 7 heteroatoms. The molecule has 1 saturated heterocycles. The Hall–Kier alpha value is -1.47. The van der Waals surface area contributed by atoms with E-state index in [9.17, 15) is 0 Å². The van der Waals surface area contributed by atoms with E-state index in [0.717, 1.165) is 38.3 Å². The van der Waals surface area contributed by atoms with Crippen molar-refractivity contribution in [2.45, 2.75) is 6.54 Å². The average molecular weight is 323 g/mol. The molecule has 0 amide bonds. The van der Waals surface area contributed by atoms with E-state index in [2.05, 4.69) is 19.9 Å². The lowest BCUT2D eigenvalue weighted by Gasteiger charge is -2.33. The summed E-state index contributed by atoms with van der Waals surface area (Å²) in [5.74, 6) is 1.18. The number of β-amino-alcohol motifs (C(OH)–C–C–N with tert-alkyl or cyclic N) is 1. The predicted octanol–water partition coefficient (Wildman–Crippen LogP) is 1.50. The van der Waals surface area contributed by atoms with E-state index in [4.69, 9.17) is 21.2 Å². The molecule has 1 N–H and O–H groups in total. The number of benzene rings is 1. The van der Waals surface area contributed by atoms with Crippen LogP contribution < -0.4 is 0 Å². The molecule has 1 aliphatic heterocycles. The molecule has 0 atom stereocenters. The molecule has 2 heterocycles. The second-order valence-corrected chi connectivity index (χ2v) is 5.80. The zero-order chi connectivity index (χ0) is 15.4. The van der Waals surface area contributed by atoms with Crippen LogP contribution in [-0.4, -0.2) is 64.4 Å². The number of rotatable bonds is 5. The second-order valence-electron chi connectivity index (χ2n) is 5.37. The zero-order valence-corrected chi connectivity index (χ0v) is 13.0. The van der Waals surface area contributed by atoms with Crippen molar-refractivity contribution in [3.8, 4) is 11.5 Å². The smallest absolute Gasteiger partial charge is 0.258 e. The standard InChI is InChI=1S/C15H19ClN4O2/c16-13-3-1-2-12(10-13)15-17-14(18-22-15)11-20-6-4-19(5-7-20)8-9-21/h1-3,10,21H,4-9,11H2. The van der Waals surface area contributed by atoms with Gasteiger partial charge in [0.05, 0.1) is 13.2 Å². The van der Waals surface area contributed by atoms with Crippen LogP contribution in [0, 0.1) is 0 Å². The molecule has 0 spiro atoms. The van der Waals surface area contributed by atoms with Gasteiger partial charge >= 0.3 is 0 Å². The van der Waals surface area contributed by atoms with Crippen molar-refractivity contribution in [2.24, 2.45) is 0 Å². The molecule has 0 unspecified atom stereocenters. The molecule has 22 heavy (non-hydrogen) atoms. The van der Waals surface area contributed by atoms with Crippen LogP contribution in [0.15, 0.2) is 28.8 Å². The Morgan fingerprint density at radius 1 is 1.18 bits per heavy atom. The fraction of sp³-hybridized carbons (Fsp3) is 0.467. The van der Waals surface area contributed by atoms with E-state index in [1.807, 2.05) is 24.3 Å². The first kappa shape index (κ1) is 15.4. The van der Waals surface area contributed by atoms with Crippen LogP contribution in [0.4, 0.5) is 0 Å². The molecular weight excluding hydrogens is 304 g/mol. The van der Waals surface area contributed by atoms with Gasteiger partial charge in [0.2, 0.25) is 0 Å². The molecular formula is C15H19ClN4O2. The first-order valence-corrected chi connectivity index (χ1v) is 7.76. The van der Waals surface area contributed by atoms with Crippen molar-refractivity contribution in [1.29, 1.82) is 0 Å². The Kier molecular flexibility index (Phi) is 5.04. The SMILES string of the molecule is OCCN1CCN(Cc2noc(-c3cccc(Cl)c3)n2)CC1. The molecule has 1 aromatic heterocycles. The van der Waals surface area contributed by atoms with Gasteiger partial charge in [-0.25, -0.2) is 0 Å². The summed E-state index contributed by atoms with van der Waals surface area (Å²) in [6.45, 7) is 5.45. The Balaban J connectivity index is 1.58. The van der Waals surface area contributed by atoms with Crippen molar-refractivity contribution in [3.05, 3.63) is 35.1 Å². The van der Waals surface area contributed by atoms with Crippen LogP contribution in [0.2, 0.25) is 5.02 Å². The van der Waals surface area contributed by atoms with Gasteiger partial charge in [-0.05, 0) is 18.2 Å². The molecule has 0 bridgehead atoms. The van der Waals surface area contributed by atoms with Crippen LogP contribution in [-0.2, 0) is 6.54 Å². The van der Waals surface area contributed by atoms with Gasteiger partial charge in [0.15, 0.2) is 5.82 Å². The van der Waals surface area contributed by atoms with Crippen molar-refractivity contribution in [3.63, 3.8) is 0 Å². The fourth-order valence-corrected chi connectivity index (χ4v) is 2.76. The Bertz CT molecular complexity index is 611. The number of piperazine rings is 1. The van der Waals surface area contributed by atoms with E-state index in [1.54, 1.807) is 0 Å². The Morgan fingerprint density at radius 3 is 2.68 bits per heavy atom. The summed E-state index contributed by atoms with van der Waals surface area (Å²) in [5, 5.41) is 13.7. The zero-order valence-electron chi connectivity index (χ0n) is 12.3. The fourth-order valence-electron chi connectivity index (χ4n) is 2.57. The minimum atomic E-state index is 0.216. The Labute approximate surface area is 134 Å². The largest absolute Gasteiger partial charge is 0.395 e. The van der Waals surface area contributed by atoms with E-state index < -0.39 is 0 Å². The van der Waals surface area contributed by atoms with E-state index in [0.29, 0.717) is 23.3 Å². The summed E-state index contributed by atoms with van der Waals surface area (Å²) in [7, 11) is 0. The second kappa shape index (κ2) is 7.19. The Morgan fingerprint density at radius 2 is 1.95 bits per heavy atom. The molecule has 2 aromatic rings. The number of aliphatic hydroxyl groups excluding tert-OH is 1. The highest BCUT2D eigenvalue weighted by atomic mass is 35.5. The minimum Gasteiger partial charge on any atom is -0.395 e. The lowest BCUT2D eigenvalue weighted by Crippen LogP contribution is -2.46. The molecule has 0 aliphatic carbocycles. The van der Waals surface area contributed by atoms with Gasteiger partial charge in [-0.1, -0.05) is 22.8 Å². The van der Waals surface area contributed by atoms with Gasteiger partial charge in [0.1, 0.15) is 0 Å². The van der Waals surface area contributed by atoms with Crippen molar-refractivity contribution in [2.75, 3.05) is 39.3 Å². The average Bonchev–Trinajstić information content (AvgIpc) is 2.98. The lowest BCUT2D eigenvalue weighted by atomic mass is 10.2. The number of aliphatic hydroxyl groups is 1. The topological polar surface area (TPSA) is 65.6 Å². The summed E-state index contributed by atoms with van der Waals surface area (Å²) in [4.78, 5) is 8.99. The molecule has 1 aromatic carbocycles. The van der Waals surface area contributed by atoms with Crippen LogP contribution in [0.25, 0.3) is 11.5 Å². The maximum atomic E-state index is 8.95. The summed E-state index contributed by atoms with van der Waals surface area (Å²) in [5.41, 5.74) is 0.832. The number of aromatic nitrogens is 2. The van der Waals surface area contributed by atoms with Crippen molar-refractivity contribution < 1.29 is 9.63 Å². The first-order valence-electron chi connectivity index (χ1n) is 7.39. The number of hydrogen-bond acceptors (Lipinski definition) is 6. The summed E-state index contributed by atoms with van der Waals surface area (Å²) in [6.07, 6.45) is 0. The highest BCUT2D eigenvalue weighted by Crippen LogP contribution is 2.21. The molecule has 1 aliphatic rings. The molecule has 118 valence electrons. The van der Waals surface area contributed by atoms with E-state index in [1.165, 1.54) is 0 Å². The predicted molar refractivity (Wildman–Crippen MR) is 83.5 cm³/mol. The number of halogens is 1. The van der Waals surface area contributed by atoms with Crippen LogP contribution >= 0.6 is 11.6 Å². The number of nitrogens with zero attached hydrogens (tertiary/aromatic N) is 4. The number of hydrogen-bond donors (Lipinski definition) is 1. The summed E-state index contributed by atoms with van der Waals surface area (Å²) >= 11 is 5.98. The third kappa shape index (κ3) is 3.84. The monoisotopic (exact) mass is 322 g/mol. The lowest BCUT2D eigenvalue weighted by molar-refractivity contribution is 0.106. The van der Waals surface area contributed by atoms with Gasteiger partial charge in [-0.2, -0.15) is 4.98 Å². The van der Waals surface area contributed by atoms with Crippen molar-refractivity contribution in [1.82, 2.24) is 19.9 Å². The third-order valence-corrected chi connectivity index (χ3v) is 4.02. The third-order valence-electron chi connectivity index (χ3n) is 3.79. The molecule has 1 fully saturated rings. The maximum Gasteiger partial charge on any atom is 0.258 e. The molecule has 0 saturated carbocycles.